The first-order chi connectivity index (χ1) is 9.22. The lowest BCUT2D eigenvalue weighted by atomic mass is 10.1. The van der Waals surface area contributed by atoms with E-state index in [0.29, 0.717) is 6.04 Å². The lowest BCUT2D eigenvalue weighted by Gasteiger charge is -2.16. The zero-order valence-corrected chi connectivity index (χ0v) is 13.5. The lowest BCUT2D eigenvalue weighted by molar-refractivity contribution is 0.885. The molecule has 3 aromatic rings. The second-order valence-electron chi connectivity index (χ2n) is 4.59. The van der Waals surface area contributed by atoms with E-state index in [9.17, 15) is 0 Å². The Morgan fingerprint density at radius 2 is 1.84 bits per heavy atom. The summed E-state index contributed by atoms with van der Waals surface area (Å²) in [4.78, 5) is 0. The fourth-order valence-electron chi connectivity index (χ4n) is 2.14. The number of halogens is 1. The molecule has 0 amide bonds. The molecule has 1 aromatic heterocycles. The molecule has 1 nitrogen and oxygen atoms in total. The quantitative estimate of drug-likeness (QED) is 0.578. The predicted octanol–water partition coefficient (Wildman–Crippen LogP) is 5.68. The van der Waals surface area contributed by atoms with Crippen LogP contribution in [0.25, 0.3) is 10.1 Å². The van der Waals surface area contributed by atoms with Crippen molar-refractivity contribution in [2.45, 2.75) is 13.0 Å². The number of hydrogen-bond donors (Lipinski definition) is 1. The van der Waals surface area contributed by atoms with Gasteiger partial charge in [-0.1, -0.05) is 12.1 Å². The molecule has 0 aliphatic carbocycles. The molecule has 1 unspecified atom stereocenters. The van der Waals surface area contributed by atoms with Gasteiger partial charge < -0.3 is 5.32 Å². The summed E-state index contributed by atoms with van der Waals surface area (Å²) in [7, 11) is 0. The van der Waals surface area contributed by atoms with E-state index in [0.717, 1.165) is 0 Å². The zero-order chi connectivity index (χ0) is 13.2. The molecule has 0 radical (unpaired) electrons. The molecule has 1 N–H and O–H groups in total. The Bertz CT molecular complexity index is 687. The summed E-state index contributed by atoms with van der Waals surface area (Å²) in [6.07, 6.45) is 0. The highest BCUT2D eigenvalue weighted by Gasteiger charge is 2.05. The van der Waals surface area contributed by atoms with E-state index in [1.165, 1.54) is 24.9 Å². The molecule has 1 heterocycles. The predicted molar refractivity (Wildman–Crippen MR) is 93.0 cm³/mol. The van der Waals surface area contributed by atoms with Gasteiger partial charge in [0.2, 0.25) is 0 Å². The summed E-state index contributed by atoms with van der Waals surface area (Å²) < 4.78 is 2.61. The number of hydrogen-bond acceptors (Lipinski definition) is 2. The fourth-order valence-corrected chi connectivity index (χ4v) is 3.27. The van der Waals surface area contributed by atoms with Gasteiger partial charge in [0.15, 0.2) is 0 Å². The van der Waals surface area contributed by atoms with Crippen LogP contribution < -0.4 is 5.32 Å². The summed E-state index contributed by atoms with van der Waals surface area (Å²) in [6, 6.07) is 17.7. The maximum Gasteiger partial charge on any atom is 0.0485 e. The van der Waals surface area contributed by atoms with E-state index in [1.807, 2.05) is 0 Å². The van der Waals surface area contributed by atoms with Crippen LogP contribution in [0.1, 0.15) is 18.5 Å². The van der Waals surface area contributed by atoms with E-state index in [-0.39, 0.29) is 0 Å². The smallest absolute Gasteiger partial charge is 0.0485 e. The highest BCUT2D eigenvalue weighted by molar-refractivity contribution is 14.1. The van der Waals surface area contributed by atoms with Crippen LogP contribution in [0.15, 0.2) is 53.9 Å². The van der Waals surface area contributed by atoms with Gasteiger partial charge in [-0.2, -0.15) is 0 Å². The van der Waals surface area contributed by atoms with Crippen LogP contribution in [0.4, 0.5) is 5.69 Å². The number of fused-ring (bicyclic) bond motifs is 1. The average molecular weight is 379 g/mol. The summed E-state index contributed by atoms with van der Waals surface area (Å²) in [5.74, 6) is 0. The van der Waals surface area contributed by atoms with Crippen LogP contribution in [0.5, 0.6) is 0 Å². The maximum absolute atomic E-state index is 3.56. The third-order valence-corrected chi connectivity index (χ3v) is 4.82. The largest absolute Gasteiger partial charge is 0.379 e. The van der Waals surface area contributed by atoms with Gasteiger partial charge in [-0.25, -0.2) is 0 Å². The van der Waals surface area contributed by atoms with Crippen molar-refractivity contribution < 1.29 is 0 Å². The molecule has 3 heteroatoms. The molecule has 96 valence electrons. The first-order valence-electron chi connectivity index (χ1n) is 6.21. The van der Waals surface area contributed by atoms with Crippen molar-refractivity contribution in [1.29, 1.82) is 0 Å². The summed E-state index contributed by atoms with van der Waals surface area (Å²) in [6.45, 7) is 2.19. The van der Waals surface area contributed by atoms with E-state index in [1.54, 1.807) is 11.3 Å². The molecule has 0 saturated carbocycles. The Hall–Kier alpha value is -1.07. The molecular weight excluding hydrogens is 365 g/mol. The van der Waals surface area contributed by atoms with Crippen molar-refractivity contribution in [3.05, 3.63) is 63.0 Å². The highest BCUT2D eigenvalue weighted by atomic mass is 127. The monoisotopic (exact) mass is 379 g/mol. The SMILES string of the molecule is CC(Nc1ccc2sccc2c1)c1ccc(I)cc1. The van der Waals surface area contributed by atoms with Crippen molar-refractivity contribution in [3.63, 3.8) is 0 Å². The third kappa shape index (κ3) is 2.92. The van der Waals surface area contributed by atoms with Crippen LogP contribution in [0.2, 0.25) is 0 Å². The van der Waals surface area contributed by atoms with Crippen molar-refractivity contribution in [3.8, 4) is 0 Å². The Morgan fingerprint density at radius 1 is 1.05 bits per heavy atom. The van der Waals surface area contributed by atoms with Gasteiger partial charge in [-0.3, -0.25) is 0 Å². The Balaban J connectivity index is 1.81. The molecule has 1 atom stereocenters. The zero-order valence-electron chi connectivity index (χ0n) is 10.6. The normalized spacial score (nSPS) is 12.5. The minimum absolute atomic E-state index is 0.313. The van der Waals surface area contributed by atoms with Gasteiger partial charge in [0.1, 0.15) is 0 Å². The van der Waals surface area contributed by atoms with Crippen molar-refractivity contribution in [2.24, 2.45) is 0 Å². The van der Waals surface area contributed by atoms with E-state index in [2.05, 4.69) is 88.7 Å². The molecule has 0 spiro atoms. The number of anilines is 1. The third-order valence-electron chi connectivity index (χ3n) is 3.21. The van der Waals surface area contributed by atoms with E-state index >= 15 is 0 Å². The Labute approximate surface area is 130 Å². The summed E-state index contributed by atoms with van der Waals surface area (Å²) in [5.41, 5.74) is 2.49. The molecule has 0 saturated heterocycles. The van der Waals surface area contributed by atoms with E-state index in [4.69, 9.17) is 0 Å². The number of thiophene rings is 1. The van der Waals surface area contributed by atoms with Crippen LogP contribution >= 0.6 is 33.9 Å². The van der Waals surface area contributed by atoms with Crippen molar-refractivity contribution in [2.75, 3.05) is 5.32 Å². The maximum atomic E-state index is 3.56. The van der Waals surface area contributed by atoms with Gasteiger partial charge in [0.25, 0.3) is 0 Å². The minimum atomic E-state index is 0.313. The van der Waals surface area contributed by atoms with Gasteiger partial charge >= 0.3 is 0 Å². The number of benzene rings is 2. The van der Waals surface area contributed by atoms with Crippen molar-refractivity contribution >= 4 is 49.7 Å². The van der Waals surface area contributed by atoms with Gasteiger partial charge in [-0.15, -0.1) is 11.3 Å². The van der Waals surface area contributed by atoms with E-state index < -0.39 is 0 Å². The van der Waals surface area contributed by atoms with Gasteiger partial charge in [-0.05, 0) is 82.2 Å². The minimum Gasteiger partial charge on any atom is -0.379 e. The van der Waals surface area contributed by atoms with Crippen LogP contribution in [0, 0.1) is 3.57 Å². The standard InChI is InChI=1S/C16H14INS/c1-11(12-2-4-14(17)5-3-12)18-15-6-7-16-13(10-15)8-9-19-16/h2-11,18H,1H3. The first kappa shape index (κ1) is 12.9. The average Bonchev–Trinajstić information content (AvgIpc) is 2.87. The lowest BCUT2D eigenvalue weighted by Crippen LogP contribution is -2.06. The topological polar surface area (TPSA) is 12.0 Å². The summed E-state index contributed by atoms with van der Waals surface area (Å²) in [5, 5.41) is 7.01. The van der Waals surface area contributed by atoms with Crippen LogP contribution in [-0.4, -0.2) is 0 Å². The molecular formula is C16H14INS. The number of nitrogens with one attached hydrogen (secondary N) is 1. The molecule has 2 aromatic carbocycles. The number of rotatable bonds is 3. The molecule has 0 aliphatic rings. The second-order valence-corrected chi connectivity index (χ2v) is 6.78. The van der Waals surface area contributed by atoms with Crippen LogP contribution in [0.3, 0.4) is 0 Å². The second kappa shape index (κ2) is 5.51. The first-order valence-corrected chi connectivity index (χ1v) is 8.17. The Kier molecular flexibility index (Phi) is 3.75. The molecule has 19 heavy (non-hydrogen) atoms. The van der Waals surface area contributed by atoms with Gasteiger partial charge in [0.05, 0.1) is 0 Å². The van der Waals surface area contributed by atoms with Crippen LogP contribution in [-0.2, 0) is 0 Å². The molecule has 0 aliphatic heterocycles. The molecule has 3 rings (SSSR count). The Morgan fingerprint density at radius 3 is 2.63 bits per heavy atom. The molecule has 0 bridgehead atoms. The fraction of sp³-hybridized carbons (Fsp3) is 0.125. The summed E-state index contributed by atoms with van der Waals surface area (Å²) >= 11 is 4.12. The van der Waals surface area contributed by atoms with Gasteiger partial charge in [0, 0.05) is 20.0 Å². The van der Waals surface area contributed by atoms with Crippen molar-refractivity contribution in [1.82, 2.24) is 0 Å². The molecule has 0 fully saturated rings. The highest BCUT2D eigenvalue weighted by Crippen LogP contribution is 2.26.